The largest absolute Gasteiger partial charge is 0.396 e. The van der Waals surface area contributed by atoms with Crippen LogP contribution in [0.2, 0.25) is 0 Å². The predicted octanol–water partition coefficient (Wildman–Crippen LogP) is 0.522. The molecule has 2 rings (SSSR count). The summed E-state index contributed by atoms with van der Waals surface area (Å²) in [5, 5.41) is 11.8. The lowest BCUT2D eigenvalue weighted by Gasteiger charge is -2.24. The maximum atomic E-state index is 12.0. The van der Waals surface area contributed by atoms with Gasteiger partial charge in [0.25, 0.3) is 0 Å². The average molecular weight is 268 g/mol. The molecule has 1 aliphatic heterocycles. The first-order valence-electron chi connectivity index (χ1n) is 7.30. The molecule has 2 unspecified atom stereocenters. The fourth-order valence-corrected chi connectivity index (χ4v) is 2.96. The predicted molar refractivity (Wildman–Crippen MR) is 71.3 cm³/mol. The number of likely N-dealkylation sites (tertiary alicyclic amines) is 1. The average Bonchev–Trinajstić information content (AvgIpc) is 3.04. The van der Waals surface area contributed by atoms with Gasteiger partial charge >= 0.3 is 0 Å². The van der Waals surface area contributed by atoms with Crippen LogP contribution in [-0.4, -0.2) is 47.6 Å². The molecule has 0 bridgehead atoms. The Balaban J connectivity index is 1.82. The molecule has 0 spiro atoms. The van der Waals surface area contributed by atoms with E-state index in [1.54, 1.807) is 0 Å². The van der Waals surface area contributed by atoms with Crippen LogP contribution in [0.3, 0.4) is 0 Å². The monoisotopic (exact) mass is 268 g/mol. The van der Waals surface area contributed by atoms with Crippen molar-refractivity contribution in [2.24, 2.45) is 11.8 Å². The van der Waals surface area contributed by atoms with Crippen molar-refractivity contribution in [1.82, 2.24) is 10.2 Å². The lowest BCUT2D eigenvalue weighted by atomic mass is 10.1. The fourth-order valence-electron chi connectivity index (χ4n) is 2.96. The second-order valence-corrected chi connectivity index (χ2v) is 5.92. The smallest absolute Gasteiger partial charge is 0.225 e. The Morgan fingerprint density at radius 3 is 2.79 bits per heavy atom. The van der Waals surface area contributed by atoms with Crippen molar-refractivity contribution in [3.63, 3.8) is 0 Å². The number of hydrogen-bond acceptors (Lipinski definition) is 3. The lowest BCUT2D eigenvalue weighted by molar-refractivity contribution is -0.130. The van der Waals surface area contributed by atoms with Gasteiger partial charge in [0.15, 0.2) is 0 Å². The molecule has 1 aliphatic carbocycles. The van der Waals surface area contributed by atoms with Gasteiger partial charge in [0.05, 0.1) is 5.92 Å². The maximum Gasteiger partial charge on any atom is 0.225 e. The molecule has 0 aromatic heterocycles. The normalized spacial score (nSPS) is 25.9. The SMILES string of the molecule is CC(CO)CNC(=O)C1CC(=O)N(C2CCCC2)C1. The van der Waals surface area contributed by atoms with Crippen LogP contribution in [0.1, 0.15) is 39.0 Å². The number of amides is 2. The number of carbonyl (C=O) groups is 2. The number of hydrogen-bond donors (Lipinski definition) is 2. The van der Waals surface area contributed by atoms with Gasteiger partial charge in [-0.05, 0) is 18.8 Å². The Labute approximate surface area is 114 Å². The molecule has 0 radical (unpaired) electrons. The zero-order chi connectivity index (χ0) is 13.8. The van der Waals surface area contributed by atoms with Gasteiger partial charge in [-0.15, -0.1) is 0 Å². The summed E-state index contributed by atoms with van der Waals surface area (Å²) in [7, 11) is 0. The minimum Gasteiger partial charge on any atom is -0.396 e. The molecule has 1 heterocycles. The molecule has 19 heavy (non-hydrogen) atoms. The molecule has 1 saturated carbocycles. The fraction of sp³-hybridized carbons (Fsp3) is 0.857. The highest BCUT2D eigenvalue weighted by Crippen LogP contribution is 2.29. The Hall–Kier alpha value is -1.10. The van der Waals surface area contributed by atoms with E-state index in [4.69, 9.17) is 5.11 Å². The van der Waals surface area contributed by atoms with Crippen molar-refractivity contribution < 1.29 is 14.7 Å². The van der Waals surface area contributed by atoms with E-state index >= 15 is 0 Å². The lowest BCUT2D eigenvalue weighted by Crippen LogP contribution is -2.38. The van der Waals surface area contributed by atoms with Crippen LogP contribution in [-0.2, 0) is 9.59 Å². The van der Waals surface area contributed by atoms with Gasteiger partial charge in [-0.25, -0.2) is 0 Å². The maximum absolute atomic E-state index is 12.0. The molecule has 2 atom stereocenters. The van der Waals surface area contributed by atoms with E-state index in [1.165, 1.54) is 12.8 Å². The summed E-state index contributed by atoms with van der Waals surface area (Å²) in [5.74, 6) is -0.0672. The summed E-state index contributed by atoms with van der Waals surface area (Å²) in [5.41, 5.74) is 0. The van der Waals surface area contributed by atoms with Crippen molar-refractivity contribution in [2.45, 2.75) is 45.1 Å². The van der Waals surface area contributed by atoms with Gasteiger partial charge in [0.2, 0.25) is 11.8 Å². The van der Waals surface area contributed by atoms with Crippen LogP contribution < -0.4 is 5.32 Å². The van der Waals surface area contributed by atoms with Crippen molar-refractivity contribution >= 4 is 11.8 Å². The quantitative estimate of drug-likeness (QED) is 0.764. The molecule has 5 nitrogen and oxygen atoms in total. The van der Waals surface area contributed by atoms with Gasteiger partial charge in [-0.3, -0.25) is 9.59 Å². The summed E-state index contributed by atoms with van der Waals surface area (Å²) in [4.78, 5) is 25.9. The number of aliphatic hydroxyl groups is 1. The van der Waals surface area contributed by atoms with Crippen LogP contribution in [0, 0.1) is 11.8 Å². The number of nitrogens with one attached hydrogen (secondary N) is 1. The summed E-state index contributed by atoms with van der Waals surface area (Å²) in [6.45, 7) is 3.00. The van der Waals surface area contributed by atoms with Crippen LogP contribution in [0.4, 0.5) is 0 Å². The van der Waals surface area contributed by atoms with Crippen LogP contribution in [0.25, 0.3) is 0 Å². The second kappa shape index (κ2) is 6.37. The van der Waals surface area contributed by atoms with Crippen molar-refractivity contribution in [3.8, 4) is 0 Å². The van der Waals surface area contributed by atoms with Gasteiger partial charge in [-0.2, -0.15) is 0 Å². The zero-order valence-electron chi connectivity index (χ0n) is 11.6. The highest BCUT2D eigenvalue weighted by Gasteiger charge is 2.38. The number of rotatable bonds is 5. The first-order valence-corrected chi connectivity index (χ1v) is 7.30. The highest BCUT2D eigenvalue weighted by molar-refractivity contribution is 5.89. The molecule has 2 aliphatic rings. The van der Waals surface area contributed by atoms with E-state index in [0.717, 1.165) is 12.8 Å². The molecular weight excluding hydrogens is 244 g/mol. The third-order valence-corrected chi connectivity index (χ3v) is 4.23. The summed E-state index contributed by atoms with van der Waals surface area (Å²) >= 11 is 0. The van der Waals surface area contributed by atoms with E-state index in [0.29, 0.717) is 25.6 Å². The van der Waals surface area contributed by atoms with Gasteiger partial charge in [0, 0.05) is 32.2 Å². The Bertz CT molecular complexity index is 340. The Morgan fingerprint density at radius 2 is 2.16 bits per heavy atom. The van der Waals surface area contributed by atoms with Crippen molar-refractivity contribution in [2.75, 3.05) is 19.7 Å². The van der Waals surface area contributed by atoms with E-state index in [-0.39, 0.29) is 30.3 Å². The third kappa shape index (κ3) is 3.47. The summed E-state index contributed by atoms with van der Waals surface area (Å²) in [6.07, 6.45) is 4.90. The molecule has 0 aromatic carbocycles. The van der Waals surface area contributed by atoms with E-state index in [2.05, 4.69) is 5.32 Å². The van der Waals surface area contributed by atoms with Crippen LogP contribution >= 0.6 is 0 Å². The number of carbonyl (C=O) groups excluding carboxylic acids is 2. The minimum atomic E-state index is -0.209. The zero-order valence-corrected chi connectivity index (χ0v) is 11.6. The number of aliphatic hydroxyl groups excluding tert-OH is 1. The summed E-state index contributed by atoms with van der Waals surface area (Å²) in [6, 6.07) is 0.363. The molecule has 2 N–H and O–H groups in total. The molecule has 1 saturated heterocycles. The molecule has 2 amide bonds. The van der Waals surface area contributed by atoms with Crippen LogP contribution in [0.5, 0.6) is 0 Å². The van der Waals surface area contributed by atoms with Gasteiger partial charge < -0.3 is 15.3 Å². The van der Waals surface area contributed by atoms with Gasteiger partial charge in [-0.1, -0.05) is 19.8 Å². The molecular formula is C14H24N2O3. The standard InChI is InChI=1S/C14H24N2O3/c1-10(9-17)7-15-14(19)11-6-13(18)16(8-11)12-4-2-3-5-12/h10-12,17H,2-9H2,1H3,(H,15,19). The van der Waals surface area contributed by atoms with E-state index in [1.807, 2.05) is 11.8 Å². The first-order chi connectivity index (χ1) is 9.11. The van der Waals surface area contributed by atoms with Gasteiger partial charge in [0.1, 0.15) is 0 Å². The van der Waals surface area contributed by atoms with E-state index in [9.17, 15) is 9.59 Å². The number of nitrogens with zero attached hydrogens (tertiary/aromatic N) is 1. The highest BCUT2D eigenvalue weighted by atomic mass is 16.3. The molecule has 0 aromatic rings. The molecule has 5 heteroatoms. The van der Waals surface area contributed by atoms with Crippen LogP contribution in [0.15, 0.2) is 0 Å². The van der Waals surface area contributed by atoms with Crippen molar-refractivity contribution in [3.05, 3.63) is 0 Å². The minimum absolute atomic E-state index is 0.0471. The first kappa shape index (κ1) is 14.3. The third-order valence-electron chi connectivity index (χ3n) is 4.23. The second-order valence-electron chi connectivity index (χ2n) is 5.92. The van der Waals surface area contributed by atoms with Crippen molar-refractivity contribution in [1.29, 1.82) is 0 Å². The van der Waals surface area contributed by atoms with E-state index < -0.39 is 0 Å². The topological polar surface area (TPSA) is 69.6 Å². The molecule has 108 valence electrons. The molecule has 2 fully saturated rings. The summed E-state index contributed by atoms with van der Waals surface area (Å²) < 4.78 is 0. The Morgan fingerprint density at radius 1 is 1.47 bits per heavy atom. The Kier molecular flexibility index (Phi) is 4.80.